The highest BCUT2D eigenvalue weighted by atomic mass is 16.6. The normalized spacial score (nSPS) is 27.3. The van der Waals surface area contributed by atoms with Crippen molar-refractivity contribution in [2.75, 3.05) is 20.3 Å². The van der Waals surface area contributed by atoms with Crippen molar-refractivity contribution < 1.29 is 24.1 Å². The third-order valence-corrected chi connectivity index (χ3v) is 4.23. The lowest BCUT2D eigenvalue weighted by molar-refractivity contribution is -0.0513. The molecule has 22 heavy (non-hydrogen) atoms. The molecule has 0 unspecified atom stereocenters. The lowest BCUT2D eigenvalue weighted by Gasteiger charge is -2.34. The second-order valence-corrected chi connectivity index (χ2v) is 5.61. The van der Waals surface area contributed by atoms with Crippen molar-refractivity contribution in [3.63, 3.8) is 0 Å². The van der Waals surface area contributed by atoms with Crippen molar-refractivity contribution in [1.82, 2.24) is 5.32 Å². The van der Waals surface area contributed by atoms with Gasteiger partial charge in [0, 0.05) is 7.11 Å². The Morgan fingerprint density at radius 3 is 2.95 bits per heavy atom. The summed E-state index contributed by atoms with van der Waals surface area (Å²) in [5.41, 5.74) is 0.434. The molecule has 3 atom stereocenters. The van der Waals surface area contributed by atoms with Crippen LogP contribution in [0.15, 0.2) is 18.2 Å². The molecule has 1 saturated carbocycles. The minimum absolute atomic E-state index is 0.233. The fourth-order valence-corrected chi connectivity index (χ4v) is 3.05. The van der Waals surface area contributed by atoms with E-state index >= 15 is 0 Å². The summed E-state index contributed by atoms with van der Waals surface area (Å²) in [6, 6.07) is 4.93. The van der Waals surface area contributed by atoms with Crippen molar-refractivity contribution >= 4 is 5.91 Å². The van der Waals surface area contributed by atoms with E-state index in [1.165, 1.54) is 0 Å². The van der Waals surface area contributed by atoms with Crippen molar-refractivity contribution in [3.05, 3.63) is 23.8 Å². The predicted octanol–water partition coefficient (Wildman–Crippen LogP) is 1.12. The molecule has 3 rings (SSSR count). The van der Waals surface area contributed by atoms with Gasteiger partial charge in [0.05, 0.1) is 17.7 Å². The van der Waals surface area contributed by atoms with Crippen LogP contribution in [-0.2, 0) is 4.74 Å². The molecule has 1 fully saturated rings. The number of para-hydroxylation sites is 1. The molecule has 1 amide bonds. The average molecular weight is 307 g/mol. The largest absolute Gasteiger partial charge is 0.486 e. The maximum absolute atomic E-state index is 12.5. The lowest BCUT2D eigenvalue weighted by Crippen LogP contribution is -2.51. The standard InChI is InChI=1S/C16H21NO5/c1-20-12-6-3-5-11(14(12)18)17-16(19)10-4-2-7-13-15(10)22-9-8-21-13/h2,4,7,11-12,14,18H,3,5-6,8-9H2,1H3,(H,17,19)/t11-,12-,14-/m1/s1. The van der Waals surface area contributed by atoms with Crippen LogP contribution >= 0.6 is 0 Å². The van der Waals surface area contributed by atoms with Gasteiger partial charge in [0.1, 0.15) is 19.3 Å². The van der Waals surface area contributed by atoms with Crippen LogP contribution in [0, 0.1) is 0 Å². The lowest BCUT2D eigenvalue weighted by atomic mass is 9.89. The average Bonchev–Trinajstić information content (AvgIpc) is 2.56. The highest BCUT2D eigenvalue weighted by Crippen LogP contribution is 2.33. The van der Waals surface area contributed by atoms with E-state index in [4.69, 9.17) is 14.2 Å². The van der Waals surface area contributed by atoms with E-state index in [1.54, 1.807) is 25.3 Å². The first kappa shape index (κ1) is 15.1. The second kappa shape index (κ2) is 6.54. The maximum atomic E-state index is 12.5. The predicted molar refractivity (Wildman–Crippen MR) is 79.3 cm³/mol. The zero-order valence-corrected chi connectivity index (χ0v) is 12.6. The molecule has 0 radical (unpaired) electrons. The number of hydrogen-bond acceptors (Lipinski definition) is 5. The number of ether oxygens (including phenoxy) is 3. The van der Waals surface area contributed by atoms with Crippen LogP contribution in [0.1, 0.15) is 29.6 Å². The van der Waals surface area contributed by atoms with E-state index in [2.05, 4.69) is 5.32 Å². The van der Waals surface area contributed by atoms with E-state index in [0.29, 0.717) is 30.3 Å². The van der Waals surface area contributed by atoms with Crippen molar-refractivity contribution in [3.8, 4) is 11.5 Å². The molecule has 1 aromatic rings. The smallest absolute Gasteiger partial charge is 0.255 e. The summed E-state index contributed by atoms with van der Waals surface area (Å²) in [4.78, 5) is 12.5. The van der Waals surface area contributed by atoms with Gasteiger partial charge in [-0.15, -0.1) is 0 Å². The summed E-state index contributed by atoms with van der Waals surface area (Å²) in [7, 11) is 1.58. The molecule has 0 aromatic heterocycles. The Labute approximate surface area is 129 Å². The van der Waals surface area contributed by atoms with Gasteiger partial charge >= 0.3 is 0 Å². The monoisotopic (exact) mass is 307 g/mol. The number of carbonyl (C=O) groups excluding carboxylic acids is 1. The van der Waals surface area contributed by atoms with E-state index < -0.39 is 6.10 Å². The first-order valence-electron chi connectivity index (χ1n) is 7.61. The molecule has 1 heterocycles. The molecular formula is C16H21NO5. The molecule has 1 aliphatic heterocycles. The van der Waals surface area contributed by atoms with E-state index in [1.807, 2.05) is 0 Å². The molecule has 1 aliphatic carbocycles. The highest BCUT2D eigenvalue weighted by molar-refractivity contribution is 5.98. The van der Waals surface area contributed by atoms with Crippen LogP contribution in [0.25, 0.3) is 0 Å². The Balaban J connectivity index is 1.75. The van der Waals surface area contributed by atoms with Gasteiger partial charge < -0.3 is 24.6 Å². The third-order valence-electron chi connectivity index (χ3n) is 4.23. The molecule has 0 bridgehead atoms. The number of carbonyl (C=O) groups is 1. The summed E-state index contributed by atoms with van der Waals surface area (Å²) in [5, 5.41) is 13.2. The number of methoxy groups -OCH3 is 1. The number of aliphatic hydroxyl groups excluding tert-OH is 1. The summed E-state index contributed by atoms with van der Waals surface area (Å²) < 4.78 is 16.3. The van der Waals surface area contributed by atoms with Crippen LogP contribution in [0.2, 0.25) is 0 Å². The zero-order valence-electron chi connectivity index (χ0n) is 12.6. The van der Waals surface area contributed by atoms with Gasteiger partial charge in [0.25, 0.3) is 5.91 Å². The number of aliphatic hydroxyl groups is 1. The Hall–Kier alpha value is -1.79. The van der Waals surface area contributed by atoms with Gasteiger partial charge in [-0.1, -0.05) is 6.07 Å². The number of rotatable bonds is 3. The van der Waals surface area contributed by atoms with Crippen LogP contribution in [0.5, 0.6) is 11.5 Å². The molecule has 2 aliphatic rings. The highest BCUT2D eigenvalue weighted by Gasteiger charge is 2.33. The summed E-state index contributed by atoms with van der Waals surface area (Å²) >= 11 is 0. The number of fused-ring (bicyclic) bond motifs is 1. The van der Waals surface area contributed by atoms with Crippen LogP contribution in [-0.4, -0.2) is 49.6 Å². The Bertz CT molecular complexity index is 547. The van der Waals surface area contributed by atoms with Crippen LogP contribution < -0.4 is 14.8 Å². The van der Waals surface area contributed by atoms with E-state index in [9.17, 15) is 9.90 Å². The Morgan fingerprint density at radius 2 is 2.14 bits per heavy atom. The SMILES string of the molecule is CO[C@@H]1CCC[C@@H](NC(=O)c2cccc3c2OCCO3)[C@H]1O. The Kier molecular flexibility index (Phi) is 4.49. The summed E-state index contributed by atoms with van der Waals surface area (Å²) in [6.07, 6.45) is 1.52. The van der Waals surface area contributed by atoms with Crippen LogP contribution in [0.4, 0.5) is 0 Å². The van der Waals surface area contributed by atoms with Crippen molar-refractivity contribution in [2.45, 2.75) is 37.5 Å². The van der Waals surface area contributed by atoms with Gasteiger partial charge in [-0.25, -0.2) is 0 Å². The molecule has 6 heteroatoms. The fourth-order valence-electron chi connectivity index (χ4n) is 3.05. The van der Waals surface area contributed by atoms with Crippen LogP contribution in [0.3, 0.4) is 0 Å². The number of benzene rings is 1. The third kappa shape index (κ3) is 2.89. The minimum atomic E-state index is -0.695. The molecule has 1 aromatic carbocycles. The second-order valence-electron chi connectivity index (χ2n) is 5.61. The molecule has 120 valence electrons. The van der Waals surface area contributed by atoms with Gasteiger partial charge in [0.15, 0.2) is 11.5 Å². The Morgan fingerprint density at radius 1 is 1.32 bits per heavy atom. The summed E-state index contributed by atoms with van der Waals surface area (Å²) in [6.45, 7) is 0.907. The van der Waals surface area contributed by atoms with E-state index in [-0.39, 0.29) is 18.1 Å². The van der Waals surface area contributed by atoms with Gasteiger partial charge in [-0.2, -0.15) is 0 Å². The van der Waals surface area contributed by atoms with Gasteiger partial charge in [-0.3, -0.25) is 4.79 Å². The first-order chi connectivity index (χ1) is 10.7. The van der Waals surface area contributed by atoms with Gasteiger partial charge in [0.2, 0.25) is 0 Å². The fraction of sp³-hybridized carbons (Fsp3) is 0.562. The minimum Gasteiger partial charge on any atom is -0.486 e. The number of amides is 1. The molecular weight excluding hydrogens is 286 g/mol. The van der Waals surface area contributed by atoms with Gasteiger partial charge in [-0.05, 0) is 31.4 Å². The number of hydrogen-bond donors (Lipinski definition) is 2. The maximum Gasteiger partial charge on any atom is 0.255 e. The first-order valence-corrected chi connectivity index (χ1v) is 7.61. The number of nitrogens with one attached hydrogen (secondary N) is 1. The quantitative estimate of drug-likeness (QED) is 0.875. The molecule has 2 N–H and O–H groups in total. The van der Waals surface area contributed by atoms with Crippen molar-refractivity contribution in [2.24, 2.45) is 0 Å². The van der Waals surface area contributed by atoms with E-state index in [0.717, 1.165) is 19.3 Å². The zero-order chi connectivity index (χ0) is 15.5. The molecule has 6 nitrogen and oxygen atoms in total. The molecule has 0 spiro atoms. The van der Waals surface area contributed by atoms with Crippen molar-refractivity contribution in [1.29, 1.82) is 0 Å². The molecule has 0 saturated heterocycles. The topological polar surface area (TPSA) is 77.0 Å². The summed E-state index contributed by atoms with van der Waals surface area (Å²) in [5.74, 6) is 0.792.